The molecule has 3 rings (SSSR count). The fourth-order valence-electron chi connectivity index (χ4n) is 4.03. The van der Waals surface area contributed by atoms with E-state index in [4.69, 9.17) is 0 Å². The molecule has 5 nitrogen and oxygen atoms in total. The van der Waals surface area contributed by atoms with Gasteiger partial charge in [0.1, 0.15) is 0 Å². The van der Waals surface area contributed by atoms with Crippen molar-refractivity contribution in [1.82, 2.24) is 20.4 Å². The molecule has 1 aliphatic carbocycles. The highest BCUT2D eigenvalue weighted by atomic mass is 19.4. The Kier molecular flexibility index (Phi) is 4.93. The number of aryl methyl sites for hydroxylation is 2. The molecule has 1 saturated carbocycles. The average Bonchev–Trinajstić information content (AvgIpc) is 3.02. The predicted molar refractivity (Wildman–Crippen MR) is 99.9 cm³/mol. The molecule has 0 spiro atoms. The number of nitrogens with zero attached hydrogens (tertiary/aromatic N) is 2. The molecule has 0 bridgehead atoms. The topological polar surface area (TPSA) is 59.0 Å². The molecule has 3 atom stereocenters. The molecular formula is C20H25F3N4O. The molecule has 8 heteroatoms. The van der Waals surface area contributed by atoms with Crippen molar-refractivity contribution in [2.45, 2.75) is 51.9 Å². The van der Waals surface area contributed by atoms with Crippen LogP contribution in [0.15, 0.2) is 30.3 Å². The maximum Gasteiger partial charge on any atom is 0.413 e. The summed E-state index contributed by atoms with van der Waals surface area (Å²) >= 11 is 0. The van der Waals surface area contributed by atoms with Crippen LogP contribution in [0.5, 0.6) is 0 Å². The lowest BCUT2D eigenvalue weighted by atomic mass is 10.0. The molecule has 2 aromatic rings. The van der Waals surface area contributed by atoms with Gasteiger partial charge in [0, 0.05) is 30.3 Å². The molecule has 1 fully saturated rings. The summed E-state index contributed by atoms with van der Waals surface area (Å²) in [5.41, 5.74) is 1.43. The van der Waals surface area contributed by atoms with Crippen molar-refractivity contribution in [3.8, 4) is 0 Å². The van der Waals surface area contributed by atoms with Crippen LogP contribution in [0.4, 0.5) is 18.0 Å². The Balaban J connectivity index is 1.77. The minimum absolute atomic E-state index is 0.0141. The van der Waals surface area contributed by atoms with Crippen molar-refractivity contribution >= 4 is 6.03 Å². The zero-order chi connectivity index (χ0) is 20.9. The largest absolute Gasteiger partial charge is 0.413 e. The van der Waals surface area contributed by atoms with E-state index in [0.29, 0.717) is 5.69 Å². The second kappa shape index (κ2) is 6.83. The molecular weight excluding hydrogens is 369 g/mol. The lowest BCUT2D eigenvalue weighted by Gasteiger charge is -2.23. The summed E-state index contributed by atoms with van der Waals surface area (Å²) in [5, 5.41) is 8.90. The molecule has 2 N–H and O–H groups in total. The van der Waals surface area contributed by atoms with E-state index in [2.05, 4.69) is 15.7 Å². The monoisotopic (exact) mass is 394 g/mol. The Hall–Kier alpha value is -2.51. The smallest absolute Gasteiger partial charge is 0.334 e. The zero-order valence-electron chi connectivity index (χ0n) is 16.6. The standard InChI is InChI=1S/C20H25F3N4O/c1-11-14(12(2)27(5)26-11)16(20(21,22)23)24-18(28)25-17-15(19(17,3)4)13-9-7-6-8-10-13/h6-10,15-17H,1-5H3,(H2,24,25,28)/t15-,16?,17-/m1/s1. The predicted octanol–water partition coefficient (Wildman–Crippen LogP) is 4.13. The fraction of sp³-hybridized carbons (Fsp3) is 0.500. The van der Waals surface area contributed by atoms with Crippen molar-refractivity contribution in [2.75, 3.05) is 0 Å². The van der Waals surface area contributed by atoms with E-state index in [-0.39, 0.29) is 28.6 Å². The van der Waals surface area contributed by atoms with Crippen LogP contribution in [-0.4, -0.2) is 28.0 Å². The van der Waals surface area contributed by atoms with Crippen molar-refractivity contribution in [3.05, 3.63) is 52.8 Å². The third-order valence-electron chi connectivity index (χ3n) is 5.73. The first-order chi connectivity index (χ1) is 12.9. The summed E-state index contributed by atoms with van der Waals surface area (Å²) in [6, 6.07) is 6.48. The minimum atomic E-state index is -4.63. The van der Waals surface area contributed by atoms with Gasteiger partial charge in [0.15, 0.2) is 6.04 Å². The van der Waals surface area contributed by atoms with Crippen molar-refractivity contribution in [2.24, 2.45) is 12.5 Å². The van der Waals surface area contributed by atoms with Gasteiger partial charge in [0.2, 0.25) is 0 Å². The number of carbonyl (C=O) groups excluding carboxylic acids is 1. The normalized spacial score (nSPS) is 21.9. The lowest BCUT2D eigenvalue weighted by Crippen LogP contribution is -2.45. The summed E-state index contributed by atoms with van der Waals surface area (Å²) in [5.74, 6) is 0.0608. The maximum atomic E-state index is 13.7. The number of benzene rings is 1. The van der Waals surface area contributed by atoms with Crippen LogP contribution in [0.1, 0.15) is 48.3 Å². The van der Waals surface area contributed by atoms with E-state index in [1.54, 1.807) is 14.0 Å². The van der Waals surface area contributed by atoms with Gasteiger partial charge in [-0.1, -0.05) is 44.2 Å². The van der Waals surface area contributed by atoms with Crippen LogP contribution in [0.25, 0.3) is 0 Å². The van der Waals surface area contributed by atoms with Crippen LogP contribution in [0.3, 0.4) is 0 Å². The van der Waals surface area contributed by atoms with Crippen molar-refractivity contribution in [3.63, 3.8) is 0 Å². The van der Waals surface area contributed by atoms with Crippen LogP contribution in [0, 0.1) is 19.3 Å². The first kappa shape index (κ1) is 20.2. The molecule has 152 valence electrons. The molecule has 2 amide bonds. The van der Waals surface area contributed by atoms with Crippen LogP contribution in [-0.2, 0) is 7.05 Å². The molecule has 1 aromatic carbocycles. The molecule has 1 aromatic heterocycles. The van der Waals surface area contributed by atoms with Crippen molar-refractivity contribution < 1.29 is 18.0 Å². The van der Waals surface area contributed by atoms with E-state index < -0.39 is 18.2 Å². The summed E-state index contributed by atoms with van der Waals surface area (Å²) in [6.07, 6.45) is -4.63. The number of amides is 2. The molecule has 1 heterocycles. The third-order valence-corrected chi connectivity index (χ3v) is 5.73. The summed E-state index contributed by atoms with van der Waals surface area (Å²) in [6.45, 7) is 7.05. The Morgan fingerprint density at radius 1 is 1.21 bits per heavy atom. The number of hydrogen-bond donors (Lipinski definition) is 2. The lowest BCUT2D eigenvalue weighted by molar-refractivity contribution is -0.155. The van der Waals surface area contributed by atoms with Crippen LogP contribution < -0.4 is 10.6 Å². The van der Waals surface area contributed by atoms with Gasteiger partial charge in [0.05, 0.1) is 5.69 Å². The molecule has 0 radical (unpaired) electrons. The van der Waals surface area contributed by atoms with Gasteiger partial charge in [-0.2, -0.15) is 18.3 Å². The number of aromatic nitrogens is 2. The molecule has 1 unspecified atom stereocenters. The molecule has 0 saturated heterocycles. The van der Waals surface area contributed by atoms with E-state index in [0.717, 1.165) is 5.56 Å². The number of alkyl halides is 3. The Morgan fingerprint density at radius 3 is 2.32 bits per heavy atom. The van der Waals surface area contributed by atoms with Crippen LogP contribution >= 0.6 is 0 Å². The van der Waals surface area contributed by atoms with E-state index >= 15 is 0 Å². The quantitative estimate of drug-likeness (QED) is 0.819. The van der Waals surface area contributed by atoms with Gasteiger partial charge in [-0.05, 0) is 24.8 Å². The summed E-state index contributed by atoms with van der Waals surface area (Å²) in [7, 11) is 1.58. The highest BCUT2D eigenvalue weighted by Crippen LogP contribution is 2.58. The minimum Gasteiger partial charge on any atom is -0.334 e. The summed E-state index contributed by atoms with van der Waals surface area (Å²) in [4.78, 5) is 12.5. The van der Waals surface area contributed by atoms with Crippen LogP contribution in [0.2, 0.25) is 0 Å². The number of halogens is 3. The van der Waals surface area contributed by atoms with E-state index in [1.807, 2.05) is 44.2 Å². The highest BCUT2D eigenvalue weighted by molar-refractivity contribution is 5.76. The zero-order valence-corrected chi connectivity index (χ0v) is 16.6. The maximum absolute atomic E-state index is 13.7. The number of urea groups is 1. The number of carbonyl (C=O) groups is 1. The number of rotatable bonds is 4. The molecule has 1 aliphatic rings. The molecule has 28 heavy (non-hydrogen) atoms. The van der Waals surface area contributed by atoms with Crippen molar-refractivity contribution in [1.29, 1.82) is 0 Å². The van der Waals surface area contributed by atoms with E-state index in [1.165, 1.54) is 11.6 Å². The fourth-order valence-corrected chi connectivity index (χ4v) is 4.03. The number of hydrogen-bond acceptors (Lipinski definition) is 2. The van der Waals surface area contributed by atoms with Gasteiger partial charge in [-0.25, -0.2) is 4.79 Å². The first-order valence-electron chi connectivity index (χ1n) is 9.13. The highest BCUT2D eigenvalue weighted by Gasteiger charge is 2.59. The first-order valence-corrected chi connectivity index (χ1v) is 9.13. The Morgan fingerprint density at radius 2 is 1.82 bits per heavy atom. The average molecular weight is 394 g/mol. The second-order valence-corrected chi connectivity index (χ2v) is 7.99. The van der Waals surface area contributed by atoms with Gasteiger partial charge in [-0.3, -0.25) is 4.68 Å². The van der Waals surface area contributed by atoms with Gasteiger partial charge < -0.3 is 10.6 Å². The second-order valence-electron chi connectivity index (χ2n) is 7.99. The third kappa shape index (κ3) is 3.59. The molecule has 0 aliphatic heterocycles. The van der Waals surface area contributed by atoms with E-state index in [9.17, 15) is 18.0 Å². The van der Waals surface area contributed by atoms with Gasteiger partial charge >= 0.3 is 12.2 Å². The van der Waals surface area contributed by atoms with Gasteiger partial charge in [0.25, 0.3) is 0 Å². The SMILES string of the molecule is Cc1nn(C)c(C)c1C(NC(=O)N[C@@H]1[C@@H](c2ccccc2)C1(C)C)C(F)(F)F. The Labute approximate surface area is 162 Å². The Bertz CT molecular complexity index is 874. The van der Waals surface area contributed by atoms with Gasteiger partial charge in [-0.15, -0.1) is 0 Å². The summed E-state index contributed by atoms with van der Waals surface area (Å²) < 4.78 is 42.5. The number of nitrogens with one attached hydrogen (secondary N) is 2.